The highest BCUT2D eigenvalue weighted by atomic mass is 32.2. The van der Waals surface area contributed by atoms with Crippen molar-refractivity contribution in [3.8, 4) is 11.5 Å². The molecule has 2 amide bonds. The lowest BCUT2D eigenvalue weighted by molar-refractivity contribution is -0.140. The van der Waals surface area contributed by atoms with Gasteiger partial charge < -0.3 is 19.7 Å². The summed E-state index contributed by atoms with van der Waals surface area (Å²) in [7, 11) is -1.53. The van der Waals surface area contributed by atoms with Crippen molar-refractivity contribution >= 4 is 27.5 Å². The number of nitrogens with one attached hydrogen (secondary N) is 1. The molecular formula is C38H42FN3O6S. The van der Waals surface area contributed by atoms with Gasteiger partial charge in [0.1, 0.15) is 18.4 Å². The molecule has 1 saturated carbocycles. The van der Waals surface area contributed by atoms with Crippen LogP contribution < -0.4 is 19.1 Å². The van der Waals surface area contributed by atoms with Crippen molar-refractivity contribution in [2.24, 2.45) is 0 Å². The number of sulfonamides is 1. The fourth-order valence-corrected chi connectivity index (χ4v) is 7.57. The Bertz CT molecular complexity index is 1820. The van der Waals surface area contributed by atoms with Crippen LogP contribution >= 0.6 is 0 Å². The number of anilines is 1. The number of hydrogen-bond acceptors (Lipinski definition) is 6. The van der Waals surface area contributed by atoms with Gasteiger partial charge in [-0.15, -0.1) is 0 Å². The van der Waals surface area contributed by atoms with Crippen LogP contribution in [-0.4, -0.2) is 58.0 Å². The van der Waals surface area contributed by atoms with Crippen LogP contribution in [-0.2, 0) is 32.6 Å². The maximum atomic E-state index is 15.2. The van der Waals surface area contributed by atoms with Gasteiger partial charge in [0, 0.05) is 30.6 Å². The first-order valence-electron chi connectivity index (χ1n) is 16.4. The molecule has 0 aliphatic heterocycles. The van der Waals surface area contributed by atoms with Gasteiger partial charge in [-0.3, -0.25) is 13.9 Å². The number of ether oxygens (including phenoxy) is 2. The van der Waals surface area contributed by atoms with Crippen LogP contribution in [0.25, 0.3) is 0 Å². The topological polar surface area (TPSA) is 105 Å². The maximum Gasteiger partial charge on any atom is 0.264 e. The zero-order valence-electron chi connectivity index (χ0n) is 27.8. The average molecular weight is 688 g/mol. The highest BCUT2D eigenvalue weighted by Crippen LogP contribution is 2.32. The summed E-state index contributed by atoms with van der Waals surface area (Å²) in [6.07, 6.45) is 4.89. The second-order valence-electron chi connectivity index (χ2n) is 12.0. The SMILES string of the molecule is COc1ccc(S(=O)(=O)N(CC(=O)N(Cc2ccccc2F)[C@H](Cc2ccccc2)C(=O)NC2CCCCC2)c2ccccc2)cc1OC. The monoisotopic (exact) mass is 687 g/mol. The Morgan fingerprint density at radius 3 is 2.12 bits per heavy atom. The first-order chi connectivity index (χ1) is 23.7. The molecule has 9 nitrogen and oxygen atoms in total. The van der Waals surface area contributed by atoms with Crippen molar-refractivity contribution < 1.29 is 31.9 Å². The van der Waals surface area contributed by atoms with E-state index in [1.807, 2.05) is 30.3 Å². The fraction of sp³-hybridized carbons (Fsp3) is 0.316. The normalized spacial score (nSPS) is 14.0. The van der Waals surface area contributed by atoms with E-state index in [1.54, 1.807) is 48.5 Å². The third kappa shape index (κ3) is 8.77. The van der Waals surface area contributed by atoms with Crippen molar-refractivity contribution in [3.63, 3.8) is 0 Å². The number of rotatable bonds is 14. The van der Waals surface area contributed by atoms with Gasteiger partial charge in [0.2, 0.25) is 11.8 Å². The summed E-state index contributed by atoms with van der Waals surface area (Å²) >= 11 is 0. The van der Waals surface area contributed by atoms with Crippen molar-refractivity contribution in [2.75, 3.05) is 25.1 Å². The number of hydrogen-bond donors (Lipinski definition) is 1. The summed E-state index contributed by atoms with van der Waals surface area (Å²) in [6.45, 7) is -0.905. The van der Waals surface area contributed by atoms with Gasteiger partial charge >= 0.3 is 0 Å². The molecule has 0 heterocycles. The van der Waals surface area contributed by atoms with Gasteiger partial charge in [-0.1, -0.05) is 86.0 Å². The second-order valence-corrected chi connectivity index (χ2v) is 13.9. The van der Waals surface area contributed by atoms with Crippen LogP contribution in [0.15, 0.2) is 108 Å². The van der Waals surface area contributed by atoms with Crippen LogP contribution in [0.1, 0.15) is 43.2 Å². The molecule has 0 unspecified atom stereocenters. The van der Waals surface area contributed by atoms with E-state index in [0.717, 1.165) is 42.0 Å². The Morgan fingerprint density at radius 2 is 1.47 bits per heavy atom. The molecule has 0 spiro atoms. The molecule has 4 aromatic carbocycles. The van der Waals surface area contributed by atoms with E-state index in [4.69, 9.17) is 9.47 Å². The van der Waals surface area contributed by atoms with Crippen molar-refractivity contribution in [2.45, 2.75) is 62.0 Å². The molecule has 49 heavy (non-hydrogen) atoms. The summed E-state index contributed by atoms with van der Waals surface area (Å²) < 4.78 is 55.6. The van der Waals surface area contributed by atoms with Crippen LogP contribution in [0, 0.1) is 5.82 Å². The Hall–Kier alpha value is -4.90. The number of nitrogens with zero attached hydrogens (tertiary/aromatic N) is 2. The number of halogens is 1. The van der Waals surface area contributed by atoms with E-state index < -0.39 is 34.3 Å². The van der Waals surface area contributed by atoms with Gasteiger partial charge in [0.05, 0.1) is 24.8 Å². The fourth-order valence-electron chi connectivity index (χ4n) is 6.14. The predicted octanol–water partition coefficient (Wildman–Crippen LogP) is 6.13. The standard InChI is InChI=1S/C38H42FN3O6S/c1-47-35-23-22-32(25-36(35)48-2)49(45,46)42(31-19-10-5-11-20-31)27-37(43)41(26-29-16-12-13-21-33(29)39)34(24-28-14-6-3-7-15-28)38(44)40-30-17-8-4-9-18-30/h3,5-7,10-16,19-23,25,30,34H,4,8-9,17-18,24,26-27H2,1-2H3,(H,40,44)/t34-/m1/s1. The Kier molecular flexibility index (Phi) is 11.9. The molecule has 1 aliphatic rings. The third-order valence-corrected chi connectivity index (χ3v) is 10.6. The van der Waals surface area contributed by atoms with E-state index >= 15 is 4.39 Å². The number of benzene rings is 4. The summed E-state index contributed by atoms with van der Waals surface area (Å²) in [4.78, 5) is 30.0. The van der Waals surface area contributed by atoms with E-state index in [-0.39, 0.29) is 46.8 Å². The number of carbonyl (C=O) groups excluding carboxylic acids is 2. The maximum absolute atomic E-state index is 15.2. The largest absolute Gasteiger partial charge is 0.493 e. The quantitative estimate of drug-likeness (QED) is 0.171. The molecule has 0 radical (unpaired) electrons. The minimum atomic E-state index is -4.37. The average Bonchev–Trinajstić information content (AvgIpc) is 3.13. The smallest absolute Gasteiger partial charge is 0.264 e. The Labute approximate surface area is 287 Å². The summed E-state index contributed by atoms with van der Waals surface area (Å²) in [5, 5.41) is 3.16. The molecule has 4 aromatic rings. The van der Waals surface area contributed by atoms with Crippen LogP contribution in [0.3, 0.4) is 0 Å². The number of methoxy groups -OCH3 is 2. The zero-order valence-corrected chi connectivity index (χ0v) is 28.6. The molecule has 1 atom stereocenters. The summed E-state index contributed by atoms with van der Waals surface area (Å²) in [5.41, 5.74) is 1.24. The summed E-state index contributed by atoms with van der Waals surface area (Å²) in [6, 6.07) is 26.7. The van der Waals surface area contributed by atoms with Crippen molar-refractivity contribution in [1.82, 2.24) is 10.2 Å². The van der Waals surface area contributed by atoms with Gasteiger partial charge in [-0.25, -0.2) is 12.8 Å². The van der Waals surface area contributed by atoms with Crippen molar-refractivity contribution in [1.29, 1.82) is 0 Å². The van der Waals surface area contributed by atoms with Crippen LogP contribution in [0.5, 0.6) is 11.5 Å². The molecule has 1 fully saturated rings. The summed E-state index contributed by atoms with van der Waals surface area (Å²) in [5.74, 6) is -1.03. The number of carbonyl (C=O) groups is 2. The zero-order chi connectivity index (χ0) is 34.8. The van der Waals surface area contributed by atoms with Gasteiger partial charge in [0.15, 0.2) is 11.5 Å². The molecule has 1 aliphatic carbocycles. The first-order valence-corrected chi connectivity index (χ1v) is 17.8. The van der Waals surface area contributed by atoms with Gasteiger partial charge in [-0.2, -0.15) is 0 Å². The van der Waals surface area contributed by atoms with E-state index in [0.29, 0.717) is 5.75 Å². The molecule has 5 rings (SSSR count). The van der Waals surface area contributed by atoms with Gasteiger partial charge in [-0.05, 0) is 48.7 Å². The molecule has 0 aromatic heterocycles. The number of para-hydroxylation sites is 1. The molecule has 258 valence electrons. The Morgan fingerprint density at radius 1 is 0.837 bits per heavy atom. The lowest BCUT2D eigenvalue weighted by Crippen LogP contribution is -2.55. The van der Waals surface area contributed by atoms with E-state index in [1.165, 1.54) is 43.4 Å². The predicted molar refractivity (Wildman–Crippen MR) is 186 cm³/mol. The molecular weight excluding hydrogens is 645 g/mol. The number of amides is 2. The lowest BCUT2D eigenvalue weighted by atomic mass is 9.94. The van der Waals surface area contributed by atoms with Crippen LogP contribution in [0.2, 0.25) is 0 Å². The lowest BCUT2D eigenvalue weighted by Gasteiger charge is -2.35. The first kappa shape index (κ1) is 35.4. The Balaban J connectivity index is 1.57. The highest BCUT2D eigenvalue weighted by molar-refractivity contribution is 7.92. The van der Waals surface area contributed by atoms with Crippen molar-refractivity contribution in [3.05, 3.63) is 120 Å². The molecule has 1 N–H and O–H groups in total. The van der Waals surface area contributed by atoms with E-state index in [9.17, 15) is 18.0 Å². The van der Waals surface area contributed by atoms with E-state index in [2.05, 4.69) is 5.32 Å². The van der Waals surface area contributed by atoms with Crippen LogP contribution in [0.4, 0.5) is 10.1 Å². The third-order valence-electron chi connectivity index (χ3n) is 8.79. The minimum absolute atomic E-state index is 0.0452. The minimum Gasteiger partial charge on any atom is -0.493 e. The molecule has 0 bridgehead atoms. The molecule has 0 saturated heterocycles. The highest BCUT2D eigenvalue weighted by Gasteiger charge is 2.36. The second kappa shape index (κ2) is 16.5. The molecule has 11 heteroatoms. The van der Waals surface area contributed by atoms with Gasteiger partial charge in [0.25, 0.3) is 10.0 Å².